The molecule has 0 radical (unpaired) electrons. The van der Waals surface area contributed by atoms with E-state index in [1.165, 1.54) is 12.1 Å². The molecule has 0 aliphatic carbocycles. The second-order valence-corrected chi connectivity index (χ2v) is 8.22. The van der Waals surface area contributed by atoms with Crippen molar-refractivity contribution < 1.29 is 32.2 Å². The molecule has 5 rings (SSSR count). The Kier molecular flexibility index (Phi) is 8.00. The Morgan fingerprint density at radius 3 is 2.50 bits per heavy atom. The summed E-state index contributed by atoms with van der Waals surface area (Å²) in [5.41, 5.74) is 3.89. The number of carboxylic acid groups (broad SMARTS) is 1. The van der Waals surface area contributed by atoms with Crippen LogP contribution in [-0.2, 0) is 16.1 Å². The molecule has 0 amide bonds. The molecule has 0 spiro atoms. The average Bonchev–Trinajstić information content (AvgIpc) is 3.33. The number of halogens is 4. The van der Waals surface area contributed by atoms with E-state index in [4.69, 9.17) is 24.6 Å². The van der Waals surface area contributed by atoms with Crippen LogP contribution in [0.5, 0.6) is 0 Å². The highest BCUT2D eigenvalue weighted by Gasteiger charge is 2.38. The molecular weight excluding hydrogens is 510 g/mol. The number of alkyl halides is 3. The number of aliphatic carboxylic acids is 1. The second kappa shape index (κ2) is 11.4. The molecule has 38 heavy (non-hydrogen) atoms. The quantitative estimate of drug-likeness (QED) is 0.370. The Hall–Kier alpha value is -4.33. The zero-order chi connectivity index (χ0) is 27.3. The van der Waals surface area contributed by atoms with Crippen LogP contribution >= 0.6 is 0 Å². The van der Waals surface area contributed by atoms with E-state index in [1.807, 2.05) is 31.3 Å². The summed E-state index contributed by atoms with van der Waals surface area (Å²) in [7, 11) is 0. The molecule has 2 N–H and O–H groups in total. The van der Waals surface area contributed by atoms with Gasteiger partial charge in [-0.25, -0.2) is 14.2 Å². The predicted molar refractivity (Wildman–Crippen MR) is 130 cm³/mol. The first-order valence-electron chi connectivity index (χ1n) is 11.4. The number of ether oxygens (including phenoxy) is 1. The fourth-order valence-electron chi connectivity index (χ4n) is 3.51. The van der Waals surface area contributed by atoms with Crippen LogP contribution in [-0.4, -0.2) is 68.1 Å². The summed E-state index contributed by atoms with van der Waals surface area (Å²) in [5, 5.41) is 10.5. The van der Waals surface area contributed by atoms with Crippen molar-refractivity contribution in [2.24, 2.45) is 0 Å². The summed E-state index contributed by atoms with van der Waals surface area (Å²) in [6, 6.07) is 10.4. The lowest BCUT2D eigenvalue weighted by Crippen LogP contribution is -2.37. The number of hydrogen-bond donors (Lipinski definition) is 2. The van der Waals surface area contributed by atoms with Gasteiger partial charge in [-0.1, -0.05) is 12.1 Å². The van der Waals surface area contributed by atoms with E-state index >= 15 is 0 Å². The number of rotatable bonds is 5. The van der Waals surface area contributed by atoms with Gasteiger partial charge in [0.2, 0.25) is 5.95 Å². The minimum absolute atomic E-state index is 0.314. The molecule has 0 saturated carbocycles. The second-order valence-electron chi connectivity index (χ2n) is 8.22. The maximum Gasteiger partial charge on any atom is 0.490 e. The van der Waals surface area contributed by atoms with Gasteiger partial charge in [0.1, 0.15) is 12.1 Å². The minimum Gasteiger partial charge on any atom is -0.475 e. The van der Waals surface area contributed by atoms with E-state index in [-0.39, 0.29) is 5.82 Å². The Morgan fingerprint density at radius 1 is 1.13 bits per heavy atom. The maximum atomic E-state index is 13.8. The first kappa shape index (κ1) is 26.7. The maximum absolute atomic E-state index is 13.8. The van der Waals surface area contributed by atoms with Crippen molar-refractivity contribution in [3.05, 3.63) is 66.0 Å². The summed E-state index contributed by atoms with van der Waals surface area (Å²) in [4.78, 5) is 29.5. The van der Waals surface area contributed by atoms with Crippen LogP contribution in [0, 0.1) is 12.7 Å². The zero-order valence-corrected chi connectivity index (χ0v) is 20.1. The van der Waals surface area contributed by atoms with Crippen molar-refractivity contribution in [1.82, 2.24) is 24.5 Å². The number of aryl methyl sites for hydroxylation is 1. The van der Waals surface area contributed by atoms with Gasteiger partial charge < -0.3 is 20.1 Å². The van der Waals surface area contributed by atoms with Crippen molar-refractivity contribution in [1.29, 1.82) is 0 Å². The summed E-state index contributed by atoms with van der Waals surface area (Å²) in [6.07, 6.45) is -1.60. The van der Waals surface area contributed by atoms with E-state index in [0.29, 0.717) is 61.5 Å². The number of nitrogens with zero attached hydrogens (tertiary/aromatic N) is 6. The van der Waals surface area contributed by atoms with Crippen LogP contribution in [0.2, 0.25) is 0 Å². The van der Waals surface area contributed by atoms with Crippen LogP contribution in [0.25, 0.3) is 16.9 Å². The van der Waals surface area contributed by atoms with Gasteiger partial charge in [-0.2, -0.15) is 23.1 Å². The van der Waals surface area contributed by atoms with Gasteiger partial charge in [0.25, 0.3) is 0 Å². The number of hydrogen-bond acceptors (Lipinski definition) is 8. The topological polar surface area (TPSA) is 118 Å². The minimum atomic E-state index is -5.08. The lowest BCUT2D eigenvalue weighted by Gasteiger charge is -2.27. The summed E-state index contributed by atoms with van der Waals surface area (Å²) >= 11 is 0. The standard InChI is InChI=1S/C22H22FN7O.C2HF3O2/c1-15-5-6-17(24-12-15)13-25-20-19-21(28-22(27-20)29-7-9-31-10-8-29)30(14-26-19)18-4-2-3-16(23)11-18;3-2(4,5)1(6)7/h2-6,11-12,14H,7-10,13H2,1H3,(H,25,27,28);(H,6,7). The molecule has 3 aromatic heterocycles. The van der Waals surface area contributed by atoms with Crippen molar-refractivity contribution in [2.45, 2.75) is 19.6 Å². The van der Waals surface area contributed by atoms with Gasteiger partial charge in [-0.3, -0.25) is 9.55 Å². The lowest BCUT2D eigenvalue weighted by atomic mass is 10.3. The number of aromatic nitrogens is 5. The fraction of sp³-hybridized carbons (Fsp3) is 0.292. The third kappa shape index (κ3) is 6.51. The number of carboxylic acids is 1. The largest absolute Gasteiger partial charge is 0.490 e. The van der Waals surface area contributed by atoms with Crippen molar-refractivity contribution in [3.8, 4) is 5.69 Å². The molecule has 1 aromatic carbocycles. The Labute approximate surface area is 213 Å². The molecule has 1 saturated heterocycles. The van der Waals surface area contributed by atoms with Gasteiger partial charge in [0.15, 0.2) is 17.0 Å². The average molecular weight is 533 g/mol. The zero-order valence-electron chi connectivity index (χ0n) is 20.1. The van der Waals surface area contributed by atoms with E-state index in [9.17, 15) is 17.6 Å². The molecule has 0 atom stereocenters. The number of nitrogens with one attached hydrogen (secondary N) is 1. The summed E-state index contributed by atoms with van der Waals surface area (Å²) < 4.78 is 52.8. The lowest BCUT2D eigenvalue weighted by molar-refractivity contribution is -0.192. The highest BCUT2D eigenvalue weighted by atomic mass is 19.4. The van der Waals surface area contributed by atoms with Crippen molar-refractivity contribution in [2.75, 3.05) is 36.5 Å². The van der Waals surface area contributed by atoms with Crippen LogP contribution in [0.15, 0.2) is 48.9 Å². The monoisotopic (exact) mass is 533 g/mol. The number of fused-ring (bicyclic) bond motifs is 1. The van der Waals surface area contributed by atoms with Gasteiger partial charge in [-0.15, -0.1) is 0 Å². The number of morpholine rings is 1. The fourth-order valence-corrected chi connectivity index (χ4v) is 3.51. The van der Waals surface area contributed by atoms with E-state index < -0.39 is 12.1 Å². The van der Waals surface area contributed by atoms with Crippen LogP contribution in [0.1, 0.15) is 11.3 Å². The summed E-state index contributed by atoms with van der Waals surface area (Å²) in [5.74, 6) is -1.87. The Bertz CT molecular complexity index is 1400. The first-order chi connectivity index (χ1) is 18.1. The molecule has 0 unspecified atom stereocenters. The molecule has 4 aromatic rings. The third-order valence-electron chi connectivity index (χ3n) is 5.42. The number of benzene rings is 1. The van der Waals surface area contributed by atoms with Crippen LogP contribution in [0.3, 0.4) is 0 Å². The predicted octanol–water partition coefficient (Wildman–Crippen LogP) is 3.74. The van der Waals surface area contributed by atoms with Gasteiger partial charge in [0, 0.05) is 19.3 Å². The van der Waals surface area contributed by atoms with E-state index in [2.05, 4.69) is 20.2 Å². The number of imidazole rings is 1. The molecule has 200 valence electrons. The third-order valence-corrected chi connectivity index (χ3v) is 5.42. The van der Waals surface area contributed by atoms with Crippen molar-refractivity contribution >= 4 is 28.9 Å². The summed E-state index contributed by atoms with van der Waals surface area (Å²) in [6.45, 7) is 5.17. The van der Waals surface area contributed by atoms with Crippen LogP contribution < -0.4 is 10.2 Å². The molecule has 4 heterocycles. The van der Waals surface area contributed by atoms with Crippen molar-refractivity contribution in [3.63, 3.8) is 0 Å². The Balaban J connectivity index is 0.000000426. The highest BCUT2D eigenvalue weighted by Crippen LogP contribution is 2.26. The smallest absolute Gasteiger partial charge is 0.475 e. The molecule has 14 heteroatoms. The molecule has 1 aliphatic heterocycles. The number of pyridine rings is 1. The number of anilines is 2. The Morgan fingerprint density at radius 2 is 1.87 bits per heavy atom. The van der Waals surface area contributed by atoms with E-state index in [0.717, 1.165) is 11.3 Å². The highest BCUT2D eigenvalue weighted by molar-refractivity contribution is 5.85. The van der Waals surface area contributed by atoms with Gasteiger partial charge >= 0.3 is 12.1 Å². The number of carbonyl (C=O) groups is 1. The van der Waals surface area contributed by atoms with Crippen LogP contribution in [0.4, 0.5) is 29.3 Å². The van der Waals surface area contributed by atoms with Gasteiger partial charge in [-0.05, 0) is 36.8 Å². The molecule has 1 fully saturated rings. The van der Waals surface area contributed by atoms with E-state index in [1.54, 1.807) is 17.0 Å². The molecule has 0 bridgehead atoms. The molecule has 10 nitrogen and oxygen atoms in total. The van der Waals surface area contributed by atoms with Gasteiger partial charge in [0.05, 0.1) is 31.1 Å². The normalized spacial score (nSPS) is 13.7. The SMILES string of the molecule is Cc1ccc(CNc2nc(N3CCOCC3)nc3c2ncn3-c2cccc(F)c2)nc1.O=C(O)C(F)(F)F. The first-order valence-corrected chi connectivity index (χ1v) is 11.4. The molecular formula is C24H23F4N7O3. The molecule has 1 aliphatic rings.